The molecule has 0 bridgehead atoms. The van der Waals surface area contributed by atoms with Crippen molar-refractivity contribution in [2.24, 2.45) is 0 Å². The zero-order valence-electron chi connectivity index (χ0n) is 17.3. The molecule has 3 aromatic carbocycles. The summed E-state index contributed by atoms with van der Waals surface area (Å²) < 4.78 is 11.6. The lowest BCUT2D eigenvalue weighted by Gasteiger charge is -2.07. The normalized spacial score (nSPS) is 11.1. The summed E-state index contributed by atoms with van der Waals surface area (Å²) in [5.41, 5.74) is 0.963. The summed E-state index contributed by atoms with van der Waals surface area (Å²) in [6, 6.07) is 17.5. The highest BCUT2D eigenvalue weighted by molar-refractivity contribution is 5.94. The van der Waals surface area contributed by atoms with Crippen molar-refractivity contribution in [3.63, 3.8) is 0 Å². The predicted octanol–water partition coefficient (Wildman–Crippen LogP) is 4.63. The highest BCUT2D eigenvalue weighted by Crippen LogP contribution is 2.27. The molecule has 0 amide bonds. The van der Waals surface area contributed by atoms with Crippen molar-refractivity contribution < 1.29 is 28.6 Å². The Bertz CT molecular complexity index is 1610. The first-order chi connectivity index (χ1) is 16.3. The van der Waals surface area contributed by atoms with E-state index in [1.54, 1.807) is 24.3 Å². The largest absolute Gasteiger partial charge is 0.478 e. The predicted molar refractivity (Wildman–Crippen MR) is 123 cm³/mol. The molecule has 2 N–H and O–H groups in total. The van der Waals surface area contributed by atoms with Crippen LogP contribution in [0.2, 0.25) is 0 Å². The second kappa shape index (κ2) is 7.86. The van der Waals surface area contributed by atoms with Gasteiger partial charge in [0.25, 0.3) is 0 Å². The van der Waals surface area contributed by atoms with Crippen molar-refractivity contribution in [2.45, 2.75) is 0 Å². The third-order valence-corrected chi connectivity index (χ3v) is 5.40. The summed E-state index contributed by atoms with van der Waals surface area (Å²) in [5, 5.41) is 18.6. The van der Waals surface area contributed by atoms with Gasteiger partial charge in [-0.25, -0.2) is 9.59 Å². The molecule has 8 heteroatoms. The fourth-order valence-electron chi connectivity index (χ4n) is 3.66. The molecule has 0 atom stereocenters. The second-order valence-corrected chi connectivity index (χ2v) is 7.56. The van der Waals surface area contributed by atoms with Crippen LogP contribution >= 0.6 is 0 Å². The Morgan fingerprint density at radius 3 is 1.29 bits per heavy atom. The Balaban J connectivity index is 1.52. The highest BCUT2D eigenvalue weighted by Gasteiger charge is 2.13. The molecule has 0 unspecified atom stereocenters. The number of fused-ring (bicyclic) bond motifs is 2. The topological polar surface area (TPSA) is 135 Å². The van der Waals surface area contributed by atoms with Crippen molar-refractivity contribution in [3.8, 4) is 22.6 Å². The molecule has 2 aromatic heterocycles. The maximum Gasteiger partial charge on any atom is 0.335 e. The van der Waals surface area contributed by atoms with Gasteiger partial charge in [0.2, 0.25) is 0 Å². The van der Waals surface area contributed by atoms with Gasteiger partial charge < -0.3 is 19.0 Å². The van der Waals surface area contributed by atoms with Gasteiger partial charge in [-0.2, -0.15) is 0 Å². The number of rotatable bonds is 4. The van der Waals surface area contributed by atoms with E-state index in [4.69, 9.17) is 19.0 Å². The molecule has 166 valence electrons. The Hall–Kier alpha value is -4.98. The summed E-state index contributed by atoms with van der Waals surface area (Å²) >= 11 is 0. The average molecular weight is 454 g/mol. The van der Waals surface area contributed by atoms with Crippen molar-refractivity contribution in [3.05, 3.63) is 104 Å². The van der Waals surface area contributed by atoms with E-state index >= 15 is 0 Å². The first-order valence-electron chi connectivity index (χ1n) is 10.0. The maximum absolute atomic E-state index is 12.5. The molecule has 2 heterocycles. The van der Waals surface area contributed by atoms with Gasteiger partial charge in [0.1, 0.15) is 22.7 Å². The minimum Gasteiger partial charge on any atom is -0.478 e. The van der Waals surface area contributed by atoms with Gasteiger partial charge in [0.15, 0.2) is 10.9 Å². The van der Waals surface area contributed by atoms with Crippen LogP contribution in [0, 0.1) is 0 Å². The summed E-state index contributed by atoms with van der Waals surface area (Å²) in [6.07, 6.45) is 0. The van der Waals surface area contributed by atoms with Crippen LogP contribution in [0.3, 0.4) is 0 Å². The Labute approximate surface area is 189 Å². The van der Waals surface area contributed by atoms with E-state index in [2.05, 4.69) is 0 Å². The van der Waals surface area contributed by atoms with Gasteiger partial charge in [-0.1, -0.05) is 24.3 Å². The quantitative estimate of drug-likeness (QED) is 0.401. The molecule has 5 aromatic rings. The molecule has 0 aliphatic rings. The lowest BCUT2D eigenvalue weighted by molar-refractivity contribution is 0.0686. The second-order valence-electron chi connectivity index (χ2n) is 7.56. The Morgan fingerprint density at radius 2 is 0.941 bits per heavy atom. The zero-order chi connectivity index (χ0) is 24.0. The van der Waals surface area contributed by atoms with E-state index in [0.717, 1.165) is 0 Å². The van der Waals surface area contributed by atoms with Crippen LogP contribution in [0.4, 0.5) is 0 Å². The zero-order valence-corrected chi connectivity index (χ0v) is 17.3. The van der Waals surface area contributed by atoms with E-state index in [-0.39, 0.29) is 43.9 Å². The fraction of sp³-hybridized carbons (Fsp3) is 0. The first kappa shape index (κ1) is 20.9. The van der Waals surface area contributed by atoms with Crippen molar-refractivity contribution in [1.29, 1.82) is 0 Å². The third kappa shape index (κ3) is 3.63. The summed E-state index contributed by atoms with van der Waals surface area (Å²) in [7, 11) is 0. The molecule has 0 radical (unpaired) electrons. The van der Waals surface area contributed by atoms with Crippen LogP contribution in [0.15, 0.2) is 91.2 Å². The van der Waals surface area contributed by atoms with E-state index in [1.165, 1.54) is 48.5 Å². The monoisotopic (exact) mass is 454 g/mol. The molecule has 0 saturated carbocycles. The number of carbonyl (C=O) groups is 2. The van der Waals surface area contributed by atoms with Crippen LogP contribution in [0.5, 0.6) is 0 Å². The number of hydrogen-bond donors (Lipinski definition) is 2. The molecule has 0 spiro atoms. The molecular formula is C26H14O8. The first-order valence-corrected chi connectivity index (χ1v) is 10.0. The van der Waals surface area contributed by atoms with Gasteiger partial charge in [-0.3, -0.25) is 9.59 Å². The van der Waals surface area contributed by atoms with Gasteiger partial charge in [0.05, 0.1) is 21.9 Å². The number of carboxylic acids is 2. The van der Waals surface area contributed by atoms with Gasteiger partial charge in [0, 0.05) is 23.3 Å². The maximum atomic E-state index is 12.5. The summed E-state index contributed by atoms with van der Waals surface area (Å²) in [5.74, 6) is -1.67. The van der Waals surface area contributed by atoms with Crippen molar-refractivity contribution in [2.75, 3.05) is 0 Å². The minimum atomic E-state index is -1.14. The fourth-order valence-corrected chi connectivity index (χ4v) is 3.66. The van der Waals surface area contributed by atoms with Gasteiger partial charge in [-0.15, -0.1) is 0 Å². The van der Waals surface area contributed by atoms with Crippen LogP contribution in [-0.2, 0) is 0 Å². The summed E-state index contributed by atoms with van der Waals surface area (Å²) in [4.78, 5) is 47.3. The van der Waals surface area contributed by atoms with E-state index in [1.807, 2.05) is 0 Å². The van der Waals surface area contributed by atoms with Gasteiger partial charge >= 0.3 is 11.9 Å². The number of aromatic carboxylic acids is 2. The standard InChI is InChI=1S/C26H14O8/c27-19-11-23(33-21-7-5-15(25(29)30)9-17(19)21)13-1-2-14(4-3-13)24-12-20(28)18-10-16(26(31)32)6-8-22(18)34-24/h1-12H,(H,29,30)(H,31,32). The Morgan fingerprint density at radius 1 is 0.559 bits per heavy atom. The molecule has 0 aliphatic carbocycles. The average Bonchev–Trinajstić information content (AvgIpc) is 2.83. The van der Waals surface area contributed by atoms with E-state index in [0.29, 0.717) is 22.6 Å². The lowest BCUT2D eigenvalue weighted by atomic mass is 10.1. The lowest BCUT2D eigenvalue weighted by Crippen LogP contribution is -2.04. The number of carboxylic acid groups (broad SMARTS) is 2. The number of benzene rings is 3. The van der Waals surface area contributed by atoms with E-state index < -0.39 is 11.9 Å². The van der Waals surface area contributed by atoms with Crippen molar-refractivity contribution in [1.82, 2.24) is 0 Å². The van der Waals surface area contributed by atoms with E-state index in [9.17, 15) is 19.2 Å². The van der Waals surface area contributed by atoms with Crippen LogP contribution < -0.4 is 10.9 Å². The van der Waals surface area contributed by atoms with Crippen LogP contribution in [-0.4, -0.2) is 22.2 Å². The van der Waals surface area contributed by atoms with Gasteiger partial charge in [-0.05, 0) is 36.4 Å². The Kier molecular flexibility index (Phi) is 4.83. The molecular weight excluding hydrogens is 440 g/mol. The number of hydrogen-bond acceptors (Lipinski definition) is 6. The highest BCUT2D eigenvalue weighted by atomic mass is 16.4. The molecule has 34 heavy (non-hydrogen) atoms. The molecule has 0 saturated heterocycles. The minimum absolute atomic E-state index is 0.00651. The SMILES string of the molecule is O=C(O)c1ccc2oc(-c3ccc(-c4cc(=O)c5cc(C(=O)O)ccc5o4)cc3)cc(=O)c2c1. The van der Waals surface area contributed by atoms with Crippen LogP contribution in [0.25, 0.3) is 44.6 Å². The molecule has 8 nitrogen and oxygen atoms in total. The van der Waals surface area contributed by atoms with Crippen molar-refractivity contribution >= 4 is 33.9 Å². The molecule has 5 rings (SSSR count). The molecule has 0 aliphatic heterocycles. The summed E-state index contributed by atoms with van der Waals surface area (Å²) in [6.45, 7) is 0. The van der Waals surface area contributed by atoms with Crippen LogP contribution in [0.1, 0.15) is 20.7 Å². The smallest absolute Gasteiger partial charge is 0.335 e. The molecule has 0 fully saturated rings. The third-order valence-electron chi connectivity index (χ3n) is 5.40.